The normalized spacial score (nSPS) is 12.4. The minimum Gasteiger partial charge on any atom is -0.490 e. The summed E-state index contributed by atoms with van der Waals surface area (Å²) in [5.74, 6) is 1.56. The smallest absolute Gasteiger partial charge is 0.173 e. The molecule has 2 rings (SSSR count). The van der Waals surface area contributed by atoms with E-state index in [4.69, 9.17) is 9.84 Å². The molecule has 0 radical (unpaired) electrons. The van der Waals surface area contributed by atoms with Crippen LogP contribution in [0.15, 0.2) is 17.5 Å². The van der Waals surface area contributed by atoms with Crippen LogP contribution in [0, 0.1) is 19.8 Å². The van der Waals surface area contributed by atoms with Gasteiger partial charge in [0, 0.05) is 6.42 Å². The highest BCUT2D eigenvalue weighted by molar-refractivity contribution is 7.12. The molecule has 0 saturated carbocycles. The lowest BCUT2D eigenvalue weighted by atomic mass is 9.95. The minimum atomic E-state index is -0.884. The zero-order valence-electron chi connectivity index (χ0n) is 19.0. The maximum absolute atomic E-state index is 13.0. The molecule has 0 aliphatic heterocycles. The van der Waals surface area contributed by atoms with Crippen molar-refractivity contribution in [3.63, 3.8) is 0 Å². The molecule has 0 unspecified atom stereocenters. The Labute approximate surface area is 184 Å². The second-order valence-corrected chi connectivity index (χ2v) is 9.43. The monoisotopic (exact) mass is 432 g/mol. The molecular weight excluding hydrogens is 396 g/mol. The van der Waals surface area contributed by atoms with Crippen molar-refractivity contribution < 1.29 is 19.7 Å². The van der Waals surface area contributed by atoms with Gasteiger partial charge in [-0.25, -0.2) is 0 Å². The van der Waals surface area contributed by atoms with Gasteiger partial charge in [-0.15, -0.1) is 11.3 Å². The summed E-state index contributed by atoms with van der Waals surface area (Å²) in [5.41, 5.74) is 5.68. The Morgan fingerprint density at radius 1 is 1.17 bits per heavy atom. The zero-order valence-corrected chi connectivity index (χ0v) is 19.8. The van der Waals surface area contributed by atoms with Crippen LogP contribution in [0.2, 0.25) is 0 Å². The fourth-order valence-corrected chi connectivity index (χ4v) is 4.91. The van der Waals surface area contributed by atoms with E-state index in [9.17, 15) is 9.90 Å². The molecule has 0 amide bonds. The van der Waals surface area contributed by atoms with Crippen molar-refractivity contribution in [2.75, 3.05) is 13.2 Å². The molecule has 30 heavy (non-hydrogen) atoms. The molecule has 2 N–H and O–H groups in total. The number of ketones is 1. The predicted octanol–water partition coefficient (Wildman–Crippen LogP) is 5.06. The molecule has 0 bridgehead atoms. The van der Waals surface area contributed by atoms with Crippen LogP contribution >= 0.6 is 11.3 Å². The molecule has 0 saturated heterocycles. The number of carbonyl (C=O) groups excluding carboxylic acids is 1. The molecule has 4 nitrogen and oxygen atoms in total. The van der Waals surface area contributed by atoms with Crippen LogP contribution in [0.4, 0.5) is 0 Å². The van der Waals surface area contributed by atoms with Crippen LogP contribution in [-0.4, -0.2) is 35.3 Å². The Morgan fingerprint density at radius 3 is 2.40 bits per heavy atom. The Morgan fingerprint density at radius 2 is 1.83 bits per heavy atom. The Hall–Kier alpha value is -1.69. The Kier molecular flexibility index (Phi) is 9.53. The first-order chi connectivity index (χ1) is 14.3. The van der Waals surface area contributed by atoms with Crippen LogP contribution in [0.3, 0.4) is 0 Å². The van der Waals surface area contributed by atoms with Gasteiger partial charge in [0.05, 0.1) is 11.5 Å². The number of aliphatic hydroxyl groups excluding tert-OH is 2. The number of ether oxygens (including phenoxy) is 1. The zero-order chi connectivity index (χ0) is 22.3. The lowest BCUT2D eigenvalue weighted by Gasteiger charge is -2.16. The van der Waals surface area contributed by atoms with E-state index in [1.165, 1.54) is 11.1 Å². The van der Waals surface area contributed by atoms with Crippen LogP contribution in [0.25, 0.3) is 0 Å². The second kappa shape index (κ2) is 11.6. The van der Waals surface area contributed by atoms with Gasteiger partial charge < -0.3 is 14.9 Å². The van der Waals surface area contributed by atoms with Gasteiger partial charge in [-0.3, -0.25) is 4.79 Å². The molecule has 166 valence electrons. The summed E-state index contributed by atoms with van der Waals surface area (Å²) in [6.45, 7) is 10.3. The van der Waals surface area contributed by atoms with Gasteiger partial charge in [-0.05, 0) is 72.2 Å². The summed E-state index contributed by atoms with van der Waals surface area (Å²) in [4.78, 5) is 13.9. The summed E-state index contributed by atoms with van der Waals surface area (Å²) in [5, 5.41) is 20.6. The Bertz CT molecular complexity index is 815. The maximum Gasteiger partial charge on any atom is 0.173 e. The molecule has 1 aromatic heterocycles. The highest BCUT2D eigenvalue weighted by atomic mass is 32.1. The first kappa shape index (κ1) is 24.6. The number of aliphatic hydroxyl groups is 2. The first-order valence-corrected chi connectivity index (χ1v) is 11.8. The van der Waals surface area contributed by atoms with Crippen LogP contribution < -0.4 is 4.74 Å². The molecule has 1 atom stereocenters. The van der Waals surface area contributed by atoms with Crippen LogP contribution in [0.1, 0.15) is 71.1 Å². The van der Waals surface area contributed by atoms with E-state index in [-0.39, 0.29) is 19.0 Å². The summed E-state index contributed by atoms with van der Waals surface area (Å²) < 4.78 is 5.67. The van der Waals surface area contributed by atoms with Crippen molar-refractivity contribution in [2.24, 2.45) is 5.92 Å². The number of carbonyl (C=O) groups is 1. The van der Waals surface area contributed by atoms with Gasteiger partial charge in [0.1, 0.15) is 18.5 Å². The third-order valence-corrected chi connectivity index (χ3v) is 6.27. The molecule has 1 aromatic carbocycles. The van der Waals surface area contributed by atoms with E-state index >= 15 is 0 Å². The molecular formula is C25H36O4S. The highest BCUT2D eigenvalue weighted by Gasteiger charge is 2.18. The van der Waals surface area contributed by atoms with E-state index in [1.807, 2.05) is 26.0 Å². The van der Waals surface area contributed by atoms with E-state index in [0.29, 0.717) is 18.8 Å². The third-order valence-electron chi connectivity index (χ3n) is 5.15. The van der Waals surface area contributed by atoms with Crippen molar-refractivity contribution in [3.05, 3.63) is 50.2 Å². The van der Waals surface area contributed by atoms with Gasteiger partial charge in [-0.1, -0.05) is 39.3 Å². The number of benzene rings is 1. The lowest BCUT2D eigenvalue weighted by molar-refractivity contribution is 0.0531. The summed E-state index contributed by atoms with van der Waals surface area (Å²) in [6, 6.07) is 4.10. The fraction of sp³-hybridized carbons (Fsp3) is 0.560. The number of hydrogen-bond acceptors (Lipinski definition) is 5. The topological polar surface area (TPSA) is 66.8 Å². The van der Waals surface area contributed by atoms with Crippen molar-refractivity contribution >= 4 is 17.1 Å². The van der Waals surface area contributed by atoms with Crippen molar-refractivity contribution in [3.8, 4) is 5.75 Å². The summed E-state index contributed by atoms with van der Waals surface area (Å²) in [6.07, 6.45) is 3.36. The SMILES string of the molecule is CCCc1c(CC(C)C)csc1C(=O)CCc1cc(C)c(OC[C@H](O)CO)c(C)c1. The average Bonchev–Trinajstić information content (AvgIpc) is 3.07. The number of aryl methyl sites for hydroxylation is 3. The standard InChI is InChI=1S/C25H36O4S/c1-6-7-22-20(10-16(2)3)15-30-25(22)23(28)9-8-19-11-17(4)24(18(5)12-19)29-14-21(27)13-26/h11-12,15-16,21,26-27H,6-10,13-14H2,1-5H3/t21-/m1/s1. The van der Waals surface area contributed by atoms with Gasteiger partial charge in [0.2, 0.25) is 0 Å². The molecule has 0 fully saturated rings. The summed E-state index contributed by atoms with van der Waals surface area (Å²) >= 11 is 1.61. The van der Waals surface area contributed by atoms with Gasteiger partial charge in [0.15, 0.2) is 5.78 Å². The number of hydrogen-bond donors (Lipinski definition) is 2. The second-order valence-electron chi connectivity index (χ2n) is 8.55. The van der Waals surface area contributed by atoms with E-state index < -0.39 is 6.10 Å². The predicted molar refractivity (Wildman–Crippen MR) is 124 cm³/mol. The van der Waals surface area contributed by atoms with E-state index in [2.05, 4.69) is 26.2 Å². The average molecular weight is 433 g/mol. The molecule has 0 aliphatic rings. The summed E-state index contributed by atoms with van der Waals surface area (Å²) in [7, 11) is 0. The highest BCUT2D eigenvalue weighted by Crippen LogP contribution is 2.29. The van der Waals surface area contributed by atoms with Crippen molar-refractivity contribution in [1.29, 1.82) is 0 Å². The van der Waals surface area contributed by atoms with Gasteiger partial charge in [0.25, 0.3) is 0 Å². The van der Waals surface area contributed by atoms with E-state index in [0.717, 1.165) is 46.6 Å². The van der Waals surface area contributed by atoms with Crippen LogP contribution in [0.5, 0.6) is 5.75 Å². The Balaban J connectivity index is 2.08. The minimum absolute atomic E-state index is 0.0628. The fourth-order valence-electron chi connectivity index (χ4n) is 3.80. The van der Waals surface area contributed by atoms with E-state index in [1.54, 1.807) is 11.3 Å². The van der Waals surface area contributed by atoms with Crippen molar-refractivity contribution in [2.45, 2.75) is 72.8 Å². The third kappa shape index (κ3) is 6.66. The molecule has 5 heteroatoms. The quantitative estimate of drug-likeness (QED) is 0.460. The first-order valence-electron chi connectivity index (χ1n) is 10.9. The number of rotatable bonds is 12. The number of thiophene rings is 1. The molecule has 0 aliphatic carbocycles. The molecule has 1 heterocycles. The molecule has 2 aromatic rings. The number of Topliss-reactive ketones (excluding diaryl/α,β-unsaturated/α-hetero) is 1. The lowest BCUT2D eigenvalue weighted by Crippen LogP contribution is -2.21. The van der Waals surface area contributed by atoms with Gasteiger partial charge >= 0.3 is 0 Å². The largest absolute Gasteiger partial charge is 0.490 e. The molecule has 0 spiro atoms. The van der Waals surface area contributed by atoms with Gasteiger partial charge in [-0.2, -0.15) is 0 Å². The maximum atomic E-state index is 13.0. The van der Waals surface area contributed by atoms with Crippen molar-refractivity contribution in [1.82, 2.24) is 0 Å². The van der Waals surface area contributed by atoms with Crippen LogP contribution in [-0.2, 0) is 19.3 Å².